The van der Waals surface area contributed by atoms with Crippen LogP contribution in [0.2, 0.25) is 5.02 Å². The summed E-state index contributed by atoms with van der Waals surface area (Å²) in [6.07, 6.45) is 0. The molecular formula is C20H16ClNO4. The molecule has 3 rings (SSSR count). The predicted octanol–water partition coefficient (Wildman–Crippen LogP) is 4.97. The third kappa shape index (κ3) is 4.52. The molecule has 26 heavy (non-hydrogen) atoms. The average molecular weight is 370 g/mol. The number of furan rings is 1. The lowest BCUT2D eigenvalue weighted by Crippen LogP contribution is -2.11. The number of amides is 1. The molecule has 0 aliphatic rings. The van der Waals surface area contributed by atoms with Crippen molar-refractivity contribution in [2.75, 3.05) is 5.32 Å². The van der Waals surface area contributed by atoms with Crippen molar-refractivity contribution in [3.63, 3.8) is 0 Å². The molecule has 0 radical (unpaired) electrons. The highest BCUT2D eigenvalue weighted by Gasteiger charge is 2.12. The van der Waals surface area contributed by atoms with Crippen LogP contribution in [0.4, 0.5) is 5.69 Å². The zero-order valence-electron chi connectivity index (χ0n) is 14.0. The molecule has 0 saturated carbocycles. The lowest BCUT2D eigenvalue weighted by atomic mass is 10.1. The standard InChI is InChI=1S/C20H16ClNO4/c1-13(23)14-3-2-4-16(11-14)22-20(24)19-10-9-18(26-19)12-25-17-7-5-15(21)6-8-17/h2-11H,12H2,1H3,(H,22,24). The van der Waals surface area contributed by atoms with E-state index < -0.39 is 5.91 Å². The van der Waals surface area contributed by atoms with Crippen molar-refractivity contribution in [2.24, 2.45) is 0 Å². The van der Waals surface area contributed by atoms with E-state index in [0.717, 1.165) is 0 Å². The van der Waals surface area contributed by atoms with Crippen molar-refractivity contribution in [2.45, 2.75) is 13.5 Å². The first-order chi connectivity index (χ1) is 12.5. The Hall–Kier alpha value is -3.05. The summed E-state index contributed by atoms with van der Waals surface area (Å²) in [5.41, 5.74) is 1.05. The Bertz CT molecular complexity index is 931. The molecule has 132 valence electrons. The van der Waals surface area contributed by atoms with E-state index in [1.807, 2.05) is 0 Å². The second kappa shape index (κ2) is 7.89. The Morgan fingerprint density at radius 2 is 1.85 bits per heavy atom. The van der Waals surface area contributed by atoms with Crippen LogP contribution in [-0.2, 0) is 6.61 Å². The summed E-state index contributed by atoms with van der Waals surface area (Å²) in [6.45, 7) is 1.66. The highest BCUT2D eigenvalue weighted by atomic mass is 35.5. The number of hydrogen-bond donors (Lipinski definition) is 1. The van der Waals surface area contributed by atoms with Crippen LogP contribution in [0.15, 0.2) is 65.1 Å². The molecule has 0 fully saturated rings. The largest absolute Gasteiger partial charge is 0.486 e. The van der Waals surface area contributed by atoms with Crippen LogP contribution in [0.5, 0.6) is 5.75 Å². The van der Waals surface area contributed by atoms with Gasteiger partial charge in [0.05, 0.1) is 0 Å². The topological polar surface area (TPSA) is 68.5 Å². The number of Topliss-reactive ketones (excluding diaryl/α,β-unsaturated/α-hetero) is 1. The number of hydrogen-bond acceptors (Lipinski definition) is 4. The lowest BCUT2D eigenvalue weighted by molar-refractivity contribution is 0.0988. The number of anilines is 1. The van der Waals surface area contributed by atoms with Gasteiger partial charge in [0.2, 0.25) is 0 Å². The fourth-order valence-electron chi connectivity index (χ4n) is 2.27. The van der Waals surface area contributed by atoms with Gasteiger partial charge in [-0.3, -0.25) is 9.59 Å². The van der Waals surface area contributed by atoms with Gasteiger partial charge in [-0.05, 0) is 55.5 Å². The molecule has 0 atom stereocenters. The quantitative estimate of drug-likeness (QED) is 0.623. The molecule has 0 aliphatic carbocycles. The van der Waals surface area contributed by atoms with Crippen LogP contribution in [-0.4, -0.2) is 11.7 Å². The smallest absolute Gasteiger partial charge is 0.291 e. The molecular weight excluding hydrogens is 354 g/mol. The minimum Gasteiger partial charge on any atom is -0.486 e. The van der Waals surface area contributed by atoms with Crippen LogP contribution in [0, 0.1) is 0 Å². The van der Waals surface area contributed by atoms with Gasteiger partial charge in [0.15, 0.2) is 11.5 Å². The van der Waals surface area contributed by atoms with Gasteiger partial charge in [-0.25, -0.2) is 0 Å². The maximum Gasteiger partial charge on any atom is 0.291 e. The minimum absolute atomic E-state index is 0.0688. The van der Waals surface area contributed by atoms with Crippen molar-refractivity contribution in [3.8, 4) is 5.75 Å². The third-order valence-electron chi connectivity index (χ3n) is 3.61. The SMILES string of the molecule is CC(=O)c1cccc(NC(=O)c2ccc(COc3ccc(Cl)cc3)o2)c1. The summed E-state index contributed by atoms with van der Waals surface area (Å²) in [6, 6.07) is 16.9. The number of nitrogens with one attached hydrogen (secondary N) is 1. The Kier molecular flexibility index (Phi) is 5.39. The van der Waals surface area contributed by atoms with Crippen LogP contribution in [0.3, 0.4) is 0 Å². The first-order valence-electron chi connectivity index (χ1n) is 7.91. The van der Waals surface area contributed by atoms with Crippen molar-refractivity contribution < 1.29 is 18.7 Å². The molecule has 0 bridgehead atoms. The zero-order chi connectivity index (χ0) is 18.5. The maximum atomic E-state index is 12.3. The van der Waals surface area contributed by atoms with Crippen molar-refractivity contribution in [3.05, 3.63) is 82.8 Å². The molecule has 6 heteroatoms. The van der Waals surface area contributed by atoms with Crippen LogP contribution in [0.1, 0.15) is 33.6 Å². The highest BCUT2D eigenvalue weighted by Crippen LogP contribution is 2.18. The number of ether oxygens (including phenoxy) is 1. The Morgan fingerprint density at radius 3 is 2.58 bits per heavy atom. The first-order valence-corrected chi connectivity index (χ1v) is 8.28. The van der Waals surface area contributed by atoms with E-state index in [4.69, 9.17) is 20.8 Å². The van der Waals surface area contributed by atoms with Crippen LogP contribution in [0.25, 0.3) is 0 Å². The van der Waals surface area contributed by atoms with E-state index in [1.165, 1.54) is 6.92 Å². The molecule has 5 nitrogen and oxygen atoms in total. The summed E-state index contributed by atoms with van der Waals surface area (Å²) in [4.78, 5) is 23.7. The summed E-state index contributed by atoms with van der Waals surface area (Å²) < 4.78 is 11.1. The number of carbonyl (C=O) groups excluding carboxylic acids is 2. The van der Waals surface area contributed by atoms with Crippen molar-refractivity contribution >= 4 is 29.0 Å². The number of halogens is 1. The molecule has 1 aromatic heterocycles. The number of carbonyl (C=O) groups is 2. The van der Waals surface area contributed by atoms with E-state index in [0.29, 0.717) is 27.8 Å². The van der Waals surface area contributed by atoms with Crippen molar-refractivity contribution in [1.29, 1.82) is 0 Å². The Morgan fingerprint density at radius 1 is 1.08 bits per heavy atom. The van der Waals surface area contributed by atoms with Gasteiger partial charge in [-0.15, -0.1) is 0 Å². The second-order valence-electron chi connectivity index (χ2n) is 5.60. The van der Waals surface area contributed by atoms with Crippen LogP contribution >= 0.6 is 11.6 Å². The summed E-state index contributed by atoms with van der Waals surface area (Å²) in [7, 11) is 0. The molecule has 1 heterocycles. The molecule has 0 unspecified atom stereocenters. The lowest BCUT2D eigenvalue weighted by Gasteiger charge is -2.05. The fourth-order valence-corrected chi connectivity index (χ4v) is 2.40. The zero-order valence-corrected chi connectivity index (χ0v) is 14.7. The molecule has 0 saturated heterocycles. The summed E-state index contributed by atoms with van der Waals surface area (Å²) in [5.74, 6) is 0.859. The molecule has 2 aromatic carbocycles. The molecule has 3 aromatic rings. The monoisotopic (exact) mass is 369 g/mol. The second-order valence-corrected chi connectivity index (χ2v) is 6.04. The highest BCUT2D eigenvalue weighted by molar-refractivity contribution is 6.30. The molecule has 1 N–H and O–H groups in total. The van der Waals surface area contributed by atoms with Gasteiger partial charge in [-0.1, -0.05) is 23.7 Å². The third-order valence-corrected chi connectivity index (χ3v) is 3.86. The van der Waals surface area contributed by atoms with E-state index >= 15 is 0 Å². The average Bonchev–Trinajstić information content (AvgIpc) is 3.11. The van der Waals surface area contributed by atoms with Gasteiger partial charge < -0.3 is 14.5 Å². The van der Waals surface area contributed by atoms with Crippen LogP contribution < -0.4 is 10.1 Å². The Balaban J connectivity index is 1.61. The van der Waals surface area contributed by atoms with Gasteiger partial charge in [0.1, 0.15) is 18.1 Å². The molecule has 0 spiro atoms. The minimum atomic E-state index is -0.400. The Labute approximate surface area is 155 Å². The summed E-state index contributed by atoms with van der Waals surface area (Å²) >= 11 is 5.82. The van der Waals surface area contributed by atoms with E-state index in [2.05, 4.69) is 5.32 Å². The van der Waals surface area contributed by atoms with Gasteiger partial charge in [-0.2, -0.15) is 0 Å². The normalized spacial score (nSPS) is 10.4. The first kappa shape index (κ1) is 17.8. The van der Waals surface area contributed by atoms with Gasteiger partial charge in [0.25, 0.3) is 5.91 Å². The predicted molar refractivity (Wildman–Crippen MR) is 98.9 cm³/mol. The van der Waals surface area contributed by atoms with E-state index in [-0.39, 0.29) is 18.2 Å². The molecule has 1 amide bonds. The van der Waals surface area contributed by atoms with Gasteiger partial charge >= 0.3 is 0 Å². The van der Waals surface area contributed by atoms with E-state index in [9.17, 15) is 9.59 Å². The molecule has 0 aliphatic heterocycles. The maximum absolute atomic E-state index is 12.3. The number of benzene rings is 2. The fraction of sp³-hybridized carbons (Fsp3) is 0.100. The van der Waals surface area contributed by atoms with Crippen molar-refractivity contribution in [1.82, 2.24) is 0 Å². The van der Waals surface area contributed by atoms with Gasteiger partial charge in [0, 0.05) is 16.3 Å². The van der Waals surface area contributed by atoms with E-state index in [1.54, 1.807) is 60.7 Å². The summed E-state index contributed by atoms with van der Waals surface area (Å²) in [5, 5.41) is 3.33. The number of rotatable bonds is 6. The number of ketones is 1.